The van der Waals surface area contributed by atoms with Gasteiger partial charge in [0.05, 0.1) is 20.6 Å². The summed E-state index contributed by atoms with van der Waals surface area (Å²) in [5.41, 5.74) is 5.99. The Hall–Kier alpha value is -5.30. The molecule has 4 heterocycles. The van der Waals surface area contributed by atoms with Crippen LogP contribution in [0.1, 0.15) is 0 Å². The van der Waals surface area contributed by atoms with Crippen LogP contribution in [0.4, 0.5) is 0 Å². The minimum absolute atomic E-state index is 0.641. The smallest absolute Gasteiger partial charge is 0.164 e. The van der Waals surface area contributed by atoms with Crippen molar-refractivity contribution < 1.29 is 0 Å². The molecular formula is C38H22N4S2. The molecule has 4 nitrogen and oxygen atoms in total. The molecule has 0 atom stereocenters. The summed E-state index contributed by atoms with van der Waals surface area (Å²) < 4.78 is 5.10. The third kappa shape index (κ3) is 4.11. The first-order chi connectivity index (χ1) is 21.8. The average Bonchev–Trinajstić information content (AvgIpc) is 3.68. The molecule has 0 bridgehead atoms. The summed E-state index contributed by atoms with van der Waals surface area (Å²) in [6, 6.07) is 45.9. The van der Waals surface area contributed by atoms with Crippen LogP contribution in [0.25, 0.3) is 85.9 Å². The standard InChI is InChI=1S/C38H22N4S2/c1-3-11-24(12-4-1)36-40-37(25-13-5-2-6-14-25)42-38(41-36)26-21-19-23(20-22-26)32-31-27-15-7-9-17-29(27)43-34(31)35-33(39-32)28-16-8-10-18-30(28)44-35/h1-22H. The number of pyridine rings is 1. The molecule has 0 spiro atoms. The molecule has 0 radical (unpaired) electrons. The lowest BCUT2D eigenvalue weighted by Gasteiger charge is -2.10. The fraction of sp³-hybridized carbons (Fsp3) is 0. The maximum Gasteiger partial charge on any atom is 0.164 e. The van der Waals surface area contributed by atoms with Crippen LogP contribution in [0, 0.1) is 0 Å². The molecule has 9 aromatic rings. The summed E-state index contributed by atoms with van der Waals surface area (Å²) in [6.07, 6.45) is 0. The van der Waals surface area contributed by atoms with Gasteiger partial charge in [-0.2, -0.15) is 0 Å². The SMILES string of the molecule is c1ccc(-c2nc(-c3ccccc3)nc(-c3ccc(-c4nc5c6ccccc6sc5c5sc6ccccc6c45)cc3)n2)cc1. The first kappa shape index (κ1) is 25.2. The molecule has 0 unspecified atom stereocenters. The fourth-order valence-corrected chi connectivity index (χ4v) is 8.31. The number of fused-ring (bicyclic) bond motifs is 7. The molecule has 4 aromatic heterocycles. The zero-order chi connectivity index (χ0) is 29.0. The summed E-state index contributed by atoms with van der Waals surface area (Å²) in [4.78, 5) is 20.0. The Labute approximate surface area is 261 Å². The van der Waals surface area contributed by atoms with E-state index in [9.17, 15) is 0 Å². The molecular weight excluding hydrogens is 577 g/mol. The maximum absolute atomic E-state index is 5.37. The Morgan fingerprint density at radius 3 is 1.43 bits per heavy atom. The van der Waals surface area contributed by atoms with E-state index in [2.05, 4.69) is 72.8 Å². The van der Waals surface area contributed by atoms with Crippen LogP contribution in [-0.4, -0.2) is 19.9 Å². The Kier molecular flexibility index (Phi) is 5.82. The van der Waals surface area contributed by atoms with E-state index in [1.165, 1.54) is 35.0 Å². The van der Waals surface area contributed by atoms with E-state index in [4.69, 9.17) is 19.9 Å². The second-order valence-corrected chi connectivity index (χ2v) is 12.8. The molecule has 9 rings (SSSR count). The van der Waals surface area contributed by atoms with Gasteiger partial charge in [0.1, 0.15) is 0 Å². The van der Waals surface area contributed by atoms with Crippen LogP contribution in [-0.2, 0) is 0 Å². The van der Waals surface area contributed by atoms with Crippen LogP contribution >= 0.6 is 22.7 Å². The van der Waals surface area contributed by atoms with Crippen LogP contribution in [0.3, 0.4) is 0 Å². The third-order valence-electron chi connectivity index (χ3n) is 7.95. The number of hydrogen-bond acceptors (Lipinski definition) is 6. The first-order valence-corrected chi connectivity index (χ1v) is 16.0. The summed E-state index contributed by atoms with van der Waals surface area (Å²) in [5.74, 6) is 1.95. The van der Waals surface area contributed by atoms with E-state index in [0.29, 0.717) is 17.5 Å². The van der Waals surface area contributed by atoms with Gasteiger partial charge in [-0.1, -0.05) is 121 Å². The molecule has 0 aliphatic carbocycles. The van der Waals surface area contributed by atoms with Crippen molar-refractivity contribution in [3.05, 3.63) is 133 Å². The van der Waals surface area contributed by atoms with E-state index < -0.39 is 0 Å². The van der Waals surface area contributed by atoms with Crippen LogP contribution < -0.4 is 0 Å². The summed E-state index contributed by atoms with van der Waals surface area (Å²) in [6.45, 7) is 0. The molecule has 0 N–H and O–H groups in total. The highest BCUT2D eigenvalue weighted by molar-refractivity contribution is 7.33. The monoisotopic (exact) mass is 598 g/mol. The Morgan fingerprint density at radius 2 is 0.818 bits per heavy atom. The maximum atomic E-state index is 5.37. The largest absolute Gasteiger partial charge is 0.245 e. The van der Waals surface area contributed by atoms with Gasteiger partial charge < -0.3 is 0 Å². The molecule has 5 aromatic carbocycles. The Morgan fingerprint density at radius 1 is 0.364 bits per heavy atom. The van der Waals surface area contributed by atoms with Gasteiger partial charge in [-0.05, 0) is 12.1 Å². The van der Waals surface area contributed by atoms with E-state index in [0.717, 1.165) is 33.5 Å². The van der Waals surface area contributed by atoms with Gasteiger partial charge in [0.2, 0.25) is 0 Å². The van der Waals surface area contributed by atoms with Crippen LogP contribution in [0.5, 0.6) is 0 Å². The predicted molar refractivity (Wildman–Crippen MR) is 185 cm³/mol. The minimum atomic E-state index is 0.641. The summed E-state index contributed by atoms with van der Waals surface area (Å²) in [5, 5.41) is 3.67. The van der Waals surface area contributed by atoms with Gasteiger partial charge >= 0.3 is 0 Å². The Balaban J connectivity index is 1.23. The molecule has 0 aliphatic rings. The first-order valence-electron chi connectivity index (χ1n) is 14.4. The fourth-order valence-electron chi connectivity index (χ4n) is 5.83. The van der Waals surface area contributed by atoms with E-state index in [1.807, 2.05) is 83.3 Å². The van der Waals surface area contributed by atoms with Crippen molar-refractivity contribution >= 4 is 63.1 Å². The molecule has 6 heteroatoms. The van der Waals surface area contributed by atoms with Crippen LogP contribution in [0.2, 0.25) is 0 Å². The van der Waals surface area contributed by atoms with Crippen LogP contribution in [0.15, 0.2) is 133 Å². The molecule has 0 saturated carbocycles. The lowest BCUT2D eigenvalue weighted by Crippen LogP contribution is -2.00. The number of thiophene rings is 2. The molecule has 0 aliphatic heterocycles. The zero-order valence-electron chi connectivity index (χ0n) is 23.3. The summed E-state index contributed by atoms with van der Waals surface area (Å²) >= 11 is 3.69. The highest BCUT2D eigenvalue weighted by Gasteiger charge is 2.20. The number of hydrogen-bond donors (Lipinski definition) is 0. The minimum Gasteiger partial charge on any atom is -0.245 e. The van der Waals surface area contributed by atoms with Crippen molar-refractivity contribution in [2.75, 3.05) is 0 Å². The molecule has 206 valence electrons. The highest BCUT2D eigenvalue weighted by Crippen LogP contribution is 2.47. The van der Waals surface area contributed by atoms with E-state index >= 15 is 0 Å². The topological polar surface area (TPSA) is 51.6 Å². The van der Waals surface area contributed by atoms with E-state index in [1.54, 1.807) is 0 Å². The number of aromatic nitrogens is 4. The quantitative estimate of drug-likeness (QED) is 0.202. The number of rotatable bonds is 4. The Bertz CT molecular complexity index is 2420. The van der Waals surface area contributed by atoms with Crippen molar-refractivity contribution in [3.63, 3.8) is 0 Å². The van der Waals surface area contributed by atoms with Gasteiger partial charge in [0.25, 0.3) is 0 Å². The van der Waals surface area contributed by atoms with Crippen molar-refractivity contribution in [1.82, 2.24) is 19.9 Å². The van der Waals surface area contributed by atoms with Crippen molar-refractivity contribution in [1.29, 1.82) is 0 Å². The second-order valence-electron chi connectivity index (χ2n) is 10.7. The second kappa shape index (κ2) is 10.2. The van der Waals surface area contributed by atoms with Crippen molar-refractivity contribution in [2.45, 2.75) is 0 Å². The summed E-state index contributed by atoms with van der Waals surface area (Å²) in [7, 11) is 0. The predicted octanol–water partition coefficient (Wildman–Crippen LogP) is 10.7. The number of benzene rings is 5. The highest BCUT2D eigenvalue weighted by atomic mass is 32.1. The normalized spacial score (nSPS) is 11.6. The molecule has 0 fully saturated rings. The van der Waals surface area contributed by atoms with Gasteiger partial charge in [-0.15, -0.1) is 22.7 Å². The number of nitrogens with zero attached hydrogens (tertiary/aromatic N) is 4. The lowest BCUT2D eigenvalue weighted by molar-refractivity contribution is 1.07. The van der Waals surface area contributed by atoms with Gasteiger partial charge in [0, 0.05) is 47.8 Å². The molecule has 44 heavy (non-hydrogen) atoms. The van der Waals surface area contributed by atoms with Crippen molar-refractivity contribution in [3.8, 4) is 45.4 Å². The molecule has 0 amide bonds. The van der Waals surface area contributed by atoms with Gasteiger partial charge in [0.15, 0.2) is 17.5 Å². The van der Waals surface area contributed by atoms with Crippen molar-refractivity contribution in [2.24, 2.45) is 0 Å². The third-order valence-corrected chi connectivity index (χ3v) is 10.4. The lowest BCUT2D eigenvalue weighted by atomic mass is 10.0. The average molecular weight is 599 g/mol. The zero-order valence-corrected chi connectivity index (χ0v) is 24.9. The van der Waals surface area contributed by atoms with Gasteiger partial charge in [-0.3, -0.25) is 0 Å². The van der Waals surface area contributed by atoms with E-state index in [-0.39, 0.29) is 0 Å². The van der Waals surface area contributed by atoms with Gasteiger partial charge in [-0.25, -0.2) is 19.9 Å². The molecule has 0 saturated heterocycles.